The van der Waals surface area contributed by atoms with E-state index < -0.39 is 0 Å². The molecule has 4 heteroatoms. The van der Waals surface area contributed by atoms with Gasteiger partial charge in [0.05, 0.1) is 13.2 Å². The van der Waals surface area contributed by atoms with Crippen molar-refractivity contribution in [3.63, 3.8) is 0 Å². The zero-order chi connectivity index (χ0) is 13.3. The second-order valence-corrected chi connectivity index (χ2v) is 5.15. The Morgan fingerprint density at radius 2 is 2.00 bits per heavy atom. The monoisotopic (exact) mass is 277 g/mol. The summed E-state index contributed by atoms with van der Waals surface area (Å²) in [6, 6.07) is 12.2. The van der Waals surface area contributed by atoms with Gasteiger partial charge in [0.25, 0.3) is 0 Å². The number of benzene rings is 1. The van der Waals surface area contributed by atoms with E-state index in [1.165, 1.54) is 10.4 Å². The highest BCUT2D eigenvalue weighted by atomic mass is 32.1. The zero-order valence-electron chi connectivity index (χ0n) is 11.1. The van der Waals surface area contributed by atoms with Crippen molar-refractivity contribution in [2.45, 2.75) is 13.2 Å². The Morgan fingerprint density at radius 3 is 2.79 bits per heavy atom. The molecule has 0 amide bonds. The lowest BCUT2D eigenvalue weighted by Gasteiger charge is -2.11. The third kappa shape index (κ3) is 4.67. The van der Waals surface area contributed by atoms with Crippen LogP contribution in [0.5, 0.6) is 5.75 Å². The summed E-state index contributed by atoms with van der Waals surface area (Å²) in [6.45, 7) is 2.66. The lowest BCUT2D eigenvalue weighted by Crippen LogP contribution is -2.10. The summed E-state index contributed by atoms with van der Waals surface area (Å²) in [7, 11) is 1.93. The first-order chi connectivity index (χ1) is 9.40. The number of rotatable bonds is 8. The Morgan fingerprint density at radius 1 is 1.11 bits per heavy atom. The first kappa shape index (κ1) is 14.1. The number of para-hydroxylation sites is 1. The Labute approximate surface area is 118 Å². The Kier molecular flexibility index (Phi) is 5.88. The van der Waals surface area contributed by atoms with Crippen molar-refractivity contribution in [3.8, 4) is 5.75 Å². The van der Waals surface area contributed by atoms with Crippen molar-refractivity contribution in [3.05, 3.63) is 52.2 Å². The van der Waals surface area contributed by atoms with Gasteiger partial charge in [-0.3, -0.25) is 0 Å². The van der Waals surface area contributed by atoms with Crippen LogP contribution in [0.15, 0.2) is 41.8 Å². The average molecular weight is 277 g/mol. The molecule has 1 N–H and O–H groups in total. The first-order valence-corrected chi connectivity index (χ1v) is 7.23. The smallest absolute Gasteiger partial charge is 0.123 e. The molecule has 0 bridgehead atoms. The average Bonchev–Trinajstić information content (AvgIpc) is 2.94. The lowest BCUT2D eigenvalue weighted by atomic mass is 10.2. The molecule has 3 nitrogen and oxygen atoms in total. The predicted molar refractivity (Wildman–Crippen MR) is 78.7 cm³/mol. The fourth-order valence-corrected chi connectivity index (χ4v) is 2.40. The number of thiophene rings is 1. The van der Waals surface area contributed by atoms with Gasteiger partial charge in [0, 0.05) is 17.0 Å². The predicted octanol–water partition coefficient (Wildman–Crippen LogP) is 3.06. The molecule has 1 aromatic carbocycles. The molecule has 0 aliphatic heterocycles. The molecule has 0 aliphatic carbocycles. The van der Waals surface area contributed by atoms with Crippen molar-refractivity contribution in [2.75, 3.05) is 20.3 Å². The van der Waals surface area contributed by atoms with Gasteiger partial charge in [-0.1, -0.05) is 24.3 Å². The molecule has 102 valence electrons. The Balaban J connectivity index is 1.70. The molecule has 0 saturated carbocycles. The van der Waals surface area contributed by atoms with E-state index in [1.54, 1.807) is 11.3 Å². The van der Waals surface area contributed by atoms with Crippen LogP contribution in [0.3, 0.4) is 0 Å². The fraction of sp³-hybridized carbons (Fsp3) is 0.333. The van der Waals surface area contributed by atoms with Gasteiger partial charge >= 0.3 is 0 Å². The highest BCUT2D eigenvalue weighted by Crippen LogP contribution is 2.17. The maximum absolute atomic E-state index is 5.75. The van der Waals surface area contributed by atoms with E-state index in [4.69, 9.17) is 9.47 Å². The first-order valence-electron chi connectivity index (χ1n) is 6.35. The molecular formula is C15H19NO2S. The number of ether oxygens (including phenoxy) is 2. The summed E-state index contributed by atoms with van der Waals surface area (Å²) < 4.78 is 11.3. The van der Waals surface area contributed by atoms with Gasteiger partial charge in [0.15, 0.2) is 0 Å². The van der Waals surface area contributed by atoms with E-state index in [-0.39, 0.29) is 0 Å². The molecule has 0 spiro atoms. The van der Waals surface area contributed by atoms with E-state index in [1.807, 2.05) is 31.3 Å². The van der Waals surface area contributed by atoms with Crippen LogP contribution in [0.4, 0.5) is 0 Å². The van der Waals surface area contributed by atoms with E-state index in [0.29, 0.717) is 19.8 Å². The van der Waals surface area contributed by atoms with Gasteiger partial charge in [-0.15, -0.1) is 11.3 Å². The molecule has 0 atom stereocenters. The summed E-state index contributed by atoms with van der Waals surface area (Å²) in [4.78, 5) is 1.25. The summed E-state index contributed by atoms with van der Waals surface area (Å²) >= 11 is 1.71. The Hall–Kier alpha value is -1.36. The third-order valence-corrected chi connectivity index (χ3v) is 3.50. The molecule has 0 radical (unpaired) electrons. The van der Waals surface area contributed by atoms with Crippen molar-refractivity contribution in [2.24, 2.45) is 0 Å². The standard InChI is InChI=1S/C15H19NO2S/c1-16-11-13-5-2-3-7-15(13)18-9-8-17-12-14-6-4-10-19-14/h2-7,10,16H,8-9,11-12H2,1H3. The van der Waals surface area contributed by atoms with E-state index in [2.05, 4.69) is 22.8 Å². The van der Waals surface area contributed by atoms with Crippen molar-refractivity contribution in [1.29, 1.82) is 0 Å². The lowest BCUT2D eigenvalue weighted by molar-refractivity contribution is 0.0902. The minimum absolute atomic E-state index is 0.575. The summed E-state index contributed by atoms with van der Waals surface area (Å²) in [5, 5.41) is 5.19. The van der Waals surface area contributed by atoms with Crippen molar-refractivity contribution < 1.29 is 9.47 Å². The second-order valence-electron chi connectivity index (χ2n) is 4.12. The number of hydrogen-bond acceptors (Lipinski definition) is 4. The van der Waals surface area contributed by atoms with Gasteiger partial charge < -0.3 is 14.8 Å². The highest BCUT2D eigenvalue weighted by Gasteiger charge is 2.01. The zero-order valence-corrected chi connectivity index (χ0v) is 11.9. The minimum atomic E-state index is 0.575. The molecule has 2 aromatic rings. The van der Waals surface area contributed by atoms with Crippen LogP contribution in [0.1, 0.15) is 10.4 Å². The molecule has 0 unspecified atom stereocenters. The quantitative estimate of drug-likeness (QED) is 0.752. The molecule has 1 heterocycles. The normalized spacial score (nSPS) is 10.6. The van der Waals surface area contributed by atoms with E-state index in [9.17, 15) is 0 Å². The van der Waals surface area contributed by atoms with E-state index in [0.717, 1.165) is 12.3 Å². The minimum Gasteiger partial charge on any atom is -0.491 e. The SMILES string of the molecule is CNCc1ccccc1OCCOCc1cccs1. The van der Waals surface area contributed by atoms with E-state index >= 15 is 0 Å². The second kappa shape index (κ2) is 7.94. The van der Waals surface area contributed by atoms with Gasteiger partial charge in [-0.2, -0.15) is 0 Å². The number of nitrogens with one attached hydrogen (secondary N) is 1. The van der Waals surface area contributed by atoms with Gasteiger partial charge in [0.1, 0.15) is 12.4 Å². The number of hydrogen-bond donors (Lipinski definition) is 1. The fourth-order valence-electron chi connectivity index (χ4n) is 1.76. The van der Waals surface area contributed by atoms with Gasteiger partial charge in [0.2, 0.25) is 0 Å². The van der Waals surface area contributed by atoms with Gasteiger partial charge in [-0.25, -0.2) is 0 Å². The molecular weight excluding hydrogens is 258 g/mol. The van der Waals surface area contributed by atoms with Crippen molar-refractivity contribution in [1.82, 2.24) is 5.32 Å². The molecule has 1 aromatic heterocycles. The highest BCUT2D eigenvalue weighted by molar-refractivity contribution is 7.09. The summed E-state index contributed by atoms with van der Waals surface area (Å²) in [5.74, 6) is 0.927. The molecule has 0 saturated heterocycles. The summed E-state index contributed by atoms with van der Waals surface area (Å²) in [6.07, 6.45) is 0. The molecule has 19 heavy (non-hydrogen) atoms. The van der Waals surface area contributed by atoms with Crippen LogP contribution in [0.25, 0.3) is 0 Å². The van der Waals surface area contributed by atoms with Gasteiger partial charge in [-0.05, 0) is 24.6 Å². The van der Waals surface area contributed by atoms with Crippen LogP contribution in [-0.2, 0) is 17.9 Å². The maximum atomic E-state index is 5.75. The van der Waals surface area contributed by atoms with Crippen LogP contribution >= 0.6 is 11.3 Å². The van der Waals surface area contributed by atoms with Crippen LogP contribution < -0.4 is 10.1 Å². The summed E-state index contributed by atoms with van der Waals surface area (Å²) in [5.41, 5.74) is 1.17. The topological polar surface area (TPSA) is 30.5 Å². The van der Waals surface area contributed by atoms with Crippen molar-refractivity contribution >= 4 is 11.3 Å². The van der Waals surface area contributed by atoms with Crippen LogP contribution in [-0.4, -0.2) is 20.3 Å². The Bertz CT molecular complexity index is 471. The molecule has 0 fully saturated rings. The molecule has 0 aliphatic rings. The molecule has 2 rings (SSSR count). The largest absolute Gasteiger partial charge is 0.491 e. The van der Waals surface area contributed by atoms with Crippen LogP contribution in [0.2, 0.25) is 0 Å². The third-order valence-electron chi connectivity index (χ3n) is 2.65. The maximum Gasteiger partial charge on any atom is 0.123 e. The van der Waals surface area contributed by atoms with Crippen LogP contribution in [0, 0.1) is 0 Å².